The maximum Gasteiger partial charge on any atom is 0.216 e. The molecular formula is C14H18O2S. The number of aliphatic hydroxyl groups is 1. The van der Waals surface area contributed by atoms with Crippen molar-refractivity contribution in [2.75, 3.05) is 0 Å². The first-order valence-corrected chi connectivity index (χ1v) is 6.94. The number of carbonyl (C=O) groups is 1. The molecule has 2 nitrogen and oxygen atoms in total. The minimum atomic E-state index is -0.560. The second-order valence-electron chi connectivity index (χ2n) is 4.78. The first-order valence-electron chi connectivity index (χ1n) is 6.12. The van der Waals surface area contributed by atoms with Gasteiger partial charge in [-0.2, -0.15) is 0 Å². The Hall–Kier alpha value is -0.960. The van der Waals surface area contributed by atoms with E-state index < -0.39 is 4.75 Å². The fourth-order valence-corrected chi connectivity index (χ4v) is 3.17. The quantitative estimate of drug-likeness (QED) is 0.766. The van der Waals surface area contributed by atoms with E-state index in [1.165, 1.54) is 42.7 Å². The Morgan fingerprint density at radius 3 is 2.94 bits per heavy atom. The van der Waals surface area contributed by atoms with Crippen molar-refractivity contribution in [3.63, 3.8) is 0 Å². The van der Waals surface area contributed by atoms with Gasteiger partial charge in [-0.05, 0) is 32.6 Å². The van der Waals surface area contributed by atoms with Gasteiger partial charge >= 0.3 is 0 Å². The molecule has 17 heavy (non-hydrogen) atoms. The van der Waals surface area contributed by atoms with Crippen LogP contribution < -0.4 is 0 Å². The Bertz CT molecular complexity index is 406. The molecule has 1 aliphatic heterocycles. The van der Waals surface area contributed by atoms with Crippen molar-refractivity contribution in [1.29, 1.82) is 0 Å². The van der Waals surface area contributed by atoms with Crippen LogP contribution in [-0.4, -0.2) is 15.0 Å². The lowest BCUT2D eigenvalue weighted by atomic mass is 9.97. The summed E-state index contributed by atoms with van der Waals surface area (Å²) in [5.41, 5.74) is 1.23. The van der Waals surface area contributed by atoms with E-state index in [0.717, 1.165) is 12.8 Å². The maximum atomic E-state index is 11.3. The normalized spacial score (nSPS) is 34.3. The maximum absolute atomic E-state index is 11.3. The summed E-state index contributed by atoms with van der Waals surface area (Å²) in [4.78, 5) is 11.3. The van der Waals surface area contributed by atoms with Crippen LogP contribution in [0.2, 0.25) is 0 Å². The smallest absolute Gasteiger partial charge is 0.216 e. The number of carbonyl (C=O) groups excluding carboxylic acids is 1. The molecule has 0 saturated carbocycles. The number of hydrogen-bond acceptors (Lipinski definition) is 3. The summed E-state index contributed by atoms with van der Waals surface area (Å²) in [6, 6.07) is 0. The van der Waals surface area contributed by atoms with Gasteiger partial charge in [0.2, 0.25) is 5.12 Å². The summed E-state index contributed by atoms with van der Waals surface area (Å²) in [5.74, 6) is 0.176. The molecule has 3 heteroatoms. The van der Waals surface area contributed by atoms with E-state index in [4.69, 9.17) is 0 Å². The molecule has 0 amide bonds. The lowest BCUT2D eigenvalue weighted by Gasteiger charge is -2.20. The number of hydrogen-bond donors (Lipinski definition) is 1. The summed E-state index contributed by atoms with van der Waals surface area (Å²) >= 11 is 1.19. The second-order valence-corrected chi connectivity index (χ2v) is 6.23. The van der Waals surface area contributed by atoms with Crippen molar-refractivity contribution in [3.8, 4) is 0 Å². The van der Waals surface area contributed by atoms with Crippen molar-refractivity contribution >= 4 is 16.9 Å². The molecule has 0 aromatic heterocycles. The van der Waals surface area contributed by atoms with Gasteiger partial charge in [0.15, 0.2) is 0 Å². The molecule has 1 N–H and O–H groups in total. The van der Waals surface area contributed by atoms with Crippen molar-refractivity contribution in [1.82, 2.24) is 0 Å². The molecule has 0 spiro atoms. The molecule has 1 atom stereocenters. The van der Waals surface area contributed by atoms with Crippen LogP contribution in [0.15, 0.2) is 35.6 Å². The van der Waals surface area contributed by atoms with E-state index in [1.54, 1.807) is 0 Å². The van der Waals surface area contributed by atoms with Gasteiger partial charge in [-0.25, -0.2) is 0 Å². The second kappa shape index (κ2) is 5.13. The number of thioether (sulfide) groups is 1. The van der Waals surface area contributed by atoms with Gasteiger partial charge in [0.25, 0.3) is 0 Å². The summed E-state index contributed by atoms with van der Waals surface area (Å²) < 4.78 is -0.560. The van der Waals surface area contributed by atoms with Gasteiger partial charge in [-0.15, -0.1) is 0 Å². The zero-order chi connectivity index (χ0) is 12.3. The third kappa shape index (κ3) is 3.03. The standard InChI is InChI=1S/C14H18O2S/c1-14(12(15)9-13(16)17-14)10-11-7-5-3-2-4-6-8-11/h5,7,9-10,15H,2-4,6,8H2,1H3/b7-5-,11-10-/t14-/m1/s1. The van der Waals surface area contributed by atoms with E-state index >= 15 is 0 Å². The van der Waals surface area contributed by atoms with E-state index in [0.29, 0.717) is 0 Å². The highest BCUT2D eigenvalue weighted by Crippen LogP contribution is 2.40. The molecule has 2 rings (SSSR count). The largest absolute Gasteiger partial charge is 0.510 e. The number of aliphatic hydroxyl groups excluding tert-OH is 1. The predicted molar refractivity (Wildman–Crippen MR) is 72.0 cm³/mol. The van der Waals surface area contributed by atoms with Crippen LogP contribution in [0, 0.1) is 0 Å². The zero-order valence-corrected chi connectivity index (χ0v) is 10.9. The van der Waals surface area contributed by atoms with Gasteiger partial charge in [0, 0.05) is 6.08 Å². The van der Waals surface area contributed by atoms with Crippen LogP contribution in [0.3, 0.4) is 0 Å². The lowest BCUT2D eigenvalue weighted by Crippen LogP contribution is -2.17. The minimum Gasteiger partial charge on any atom is -0.510 e. The Balaban J connectivity index is 2.20. The van der Waals surface area contributed by atoms with Crippen molar-refractivity contribution in [3.05, 3.63) is 35.6 Å². The minimum absolute atomic E-state index is 0.0586. The van der Waals surface area contributed by atoms with E-state index in [-0.39, 0.29) is 10.9 Å². The third-order valence-electron chi connectivity index (χ3n) is 3.20. The molecule has 1 heterocycles. The monoisotopic (exact) mass is 250 g/mol. The van der Waals surface area contributed by atoms with Crippen molar-refractivity contribution in [2.24, 2.45) is 0 Å². The molecule has 2 aliphatic rings. The van der Waals surface area contributed by atoms with Crippen LogP contribution in [0.5, 0.6) is 0 Å². The van der Waals surface area contributed by atoms with Crippen LogP contribution in [0.25, 0.3) is 0 Å². The van der Waals surface area contributed by atoms with Crippen molar-refractivity contribution < 1.29 is 9.90 Å². The molecule has 0 aromatic carbocycles. The molecule has 0 fully saturated rings. The average molecular weight is 250 g/mol. The topological polar surface area (TPSA) is 37.3 Å². The zero-order valence-electron chi connectivity index (χ0n) is 10.1. The van der Waals surface area contributed by atoms with Gasteiger partial charge in [0.1, 0.15) is 5.76 Å². The van der Waals surface area contributed by atoms with E-state index in [9.17, 15) is 9.90 Å². The molecule has 0 radical (unpaired) electrons. The number of allylic oxidation sites excluding steroid dienone is 3. The van der Waals surface area contributed by atoms with Gasteiger partial charge < -0.3 is 5.11 Å². The van der Waals surface area contributed by atoms with Crippen LogP contribution in [0.4, 0.5) is 0 Å². The van der Waals surface area contributed by atoms with Gasteiger partial charge in [0.05, 0.1) is 4.75 Å². The summed E-state index contributed by atoms with van der Waals surface area (Å²) in [5, 5.41) is 9.77. The molecule has 0 unspecified atom stereocenters. The molecule has 0 saturated heterocycles. The average Bonchev–Trinajstić information content (AvgIpc) is 2.45. The fourth-order valence-electron chi connectivity index (χ4n) is 2.21. The molecule has 1 aliphatic carbocycles. The lowest BCUT2D eigenvalue weighted by molar-refractivity contribution is -0.106. The van der Waals surface area contributed by atoms with Crippen molar-refractivity contribution in [2.45, 2.75) is 43.8 Å². The Labute approximate surface area is 106 Å². The molecule has 0 aromatic rings. The highest BCUT2D eigenvalue weighted by Gasteiger charge is 2.36. The summed E-state index contributed by atoms with van der Waals surface area (Å²) in [6.45, 7) is 1.90. The molecule has 92 valence electrons. The van der Waals surface area contributed by atoms with Crippen LogP contribution in [-0.2, 0) is 4.79 Å². The van der Waals surface area contributed by atoms with Crippen LogP contribution in [0.1, 0.15) is 39.0 Å². The Morgan fingerprint density at radius 2 is 2.24 bits per heavy atom. The van der Waals surface area contributed by atoms with Gasteiger partial charge in [-0.3, -0.25) is 4.79 Å². The fraction of sp³-hybridized carbons (Fsp3) is 0.500. The predicted octanol–water partition coefficient (Wildman–Crippen LogP) is 3.91. The van der Waals surface area contributed by atoms with E-state index in [1.807, 2.05) is 13.0 Å². The Kier molecular flexibility index (Phi) is 3.77. The van der Waals surface area contributed by atoms with E-state index in [2.05, 4.69) is 12.2 Å². The highest BCUT2D eigenvalue weighted by atomic mass is 32.2. The van der Waals surface area contributed by atoms with Gasteiger partial charge in [-0.1, -0.05) is 42.0 Å². The van der Waals surface area contributed by atoms with Crippen LogP contribution >= 0.6 is 11.8 Å². The molecule has 0 bridgehead atoms. The third-order valence-corrected chi connectivity index (χ3v) is 4.27. The first kappa shape index (κ1) is 12.5. The Morgan fingerprint density at radius 1 is 1.41 bits per heavy atom. The first-order chi connectivity index (χ1) is 8.10. The highest BCUT2D eigenvalue weighted by molar-refractivity contribution is 8.15. The molecular weight excluding hydrogens is 232 g/mol. The summed E-state index contributed by atoms with van der Waals surface area (Å²) in [7, 11) is 0. The summed E-state index contributed by atoms with van der Waals surface area (Å²) in [6.07, 6.45) is 13.6. The SMILES string of the molecule is C[C@]1(/C=C2/C=C\CCCCC2)SC(=O)C=C1O. The number of rotatable bonds is 1.